The first-order valence-corrected chi connectivity index (χ1v) is 8.97. The molecule has 26 heavy (non-hydrogen) atoms. The minimum atomic E-state index is -0.510. The molecule has 3 rings (SSSR count). The zero-order chi connectivity index (χ0) is 18.4. The van der Waals surface area contributed by atoms with Crippen LogP contribution in [0.3, 0.4) is 0 Å². The van der Waals surface area contributed by atoms with Gasteiger partial charge in [-0.1, -0.05) is 18.2 Å². The fourth-order valence-corrected chi connectivity index (χ4v) is 3.51. The van der Waals surface area contributed by atoms with Gasteiger partial charge in [-0.05, 0) is 25.0 Å². The molecule has 7 nitrogen and oxygen atoms in total. The van der Waals surface area contributed by atoms with Gasteiger partial charge in [-0.25, -0.2) is 0 Å². The van der Waals surface area contributed by atoms with E-state index in [0.29, 0.717) is 32.8 Å². The molecule has 0 radical (unpaired) electrons. The second-order valence-corrected chi connectivity index (χ2v) is 6.75. The van der Waals surface area contributed by atoms with Gasteiger partial charge in [0.25, 0.3) is 5.91 Å². The smallest absolute Gasteiger partial charge is 0.253 e. The van der Waals surface area contributed by atoms with E-state index in [1.165, 1.54) is 0 Å². The molecule has 1 spiro atoms. The van der Waals surface area contributed by atoms with Crippen LogP contribution in [0.25, 0.3) is 0 Å². The molecule has 2 aliphatic heterocycles. The Morgan fingerprint density at radius 1 is 1.23 bits per heavy atom. The first-order valence-electron chi connectivity index (χ1n) is 8.97. The Morgan fingerprint density at radius 3 is 2.81 bits per heavy atom. The lowest BCUT2D eigenvalue weighted by molar-refractivity contribution is -0.156. The highest BCUT2D eigenvalue weighted by Crippen LogP contribution is 2.31. The van der Waals surface area contributed by atoms with E-state index in [4.69, 9.17) is 14.2 Å². The van der Waals surface area contributed by atoms with Gasteiger partial charge in [-0.15, -0.1) is 0 Å². The van der Waals surface area contributed by atoms with E-state index < -0.39 is 5.60 Å². The molecule has 7 heteroatoms. The molecule has 2 aliphatic rings. The van der Waals surface area contributed by atoms with E-state index in [-0.39, 0.29) is 25.0 Å². The van der Waals surface area contributed by atoms with Gasteiger partial charge in [0.15, 0.2) is 0 Å². The number of rotatable bonds is 6. The lowest BCUT2D eigenvalue weighted by Crippen LogP contribution is -2.62. The average molecular weight is 362 g/mol. The maximum atomic E-state index is 12.4. The maximum absolute atomic E-state index is 12.4. The van der Waals surface area contributed by atoms with Crippen molar-refractivity contribution < 1.29 is 23.8 Å². The summed E-state index contributed by atoms with van der Waals surface area (Å²) >= 11 is 0. The number of para-hydroxylation sites is 1. The molecule has 0 aromatic heterocycles. The number of likely N-dealkylation sites (tertiary alicyclic amines) is 1. The summed E-state index contributed by atoms with van der Waals surface area (Å²) in [5.41, 5.74) is 0.357. The number of nitrogens with zero attached hydrogens (tertiary/aromatic N) is 2. The quantitative estimate of drug-likeness (QED) is 0.708. The second kappa shape index (κ2) is 8.62. The van der Waals surface area contributed by atoms with Crippen molar-refractivity contribution in [1.29, 1.82) is 0 Å². The number of piperidine rings is 1. The molecule has 1 aromatic carbocycles. The third kappa shape index (κ3) is 4.41. The number of anilines is 1. The van der Waals surface area contributed by atoms with Crippen molar-refractivity contribution in [3.8, 4) is 0 Å². The van der Waals surface area contributed by atoms with Crippen LogP contribution in [0.15, 0.2) is 30.3 Å². The first-order chi connectivity index (χ1) is 12.6. The van der Waals surface area contributed by atoms with Gasteiger partial charge in [-0.2, -0.15) is 0 Å². The Morgan fingerprint density at radius 2 is 2.04 bits per heavy atom. The minimum absolute atomic E-state index is 0.0424. The lowest BCUT2D eigenvalue weighted by Gasteiger charge is -2.47. The molecular weight excluding hydrogens is 336 g/mol. The summed E-state index contributed by atoms with van der Waals surface area (Å²) in [7, 11) is 1.60. The first kappa shape index (κ1) is 18.8. The zero-order valence-corrected chi connectivity index (χ0v) is 15.2. The van der Waals surface area contributed by atoms with Crippen molar-refractivity contribution in [3.05, 3.63) is 30.3 Å². The summed E-state index contributed by atoms with van der Waals surface area (Å²) < 4.78 is 16.2. The molecule has 2 fully saturated rings. The van der Waals surface area contributed by atoms with Crippen molar-refractivity contribution in [3.63, 3.8) is 0 Å². The highest BCUT2D eigenvalue weighted by molar-refractivity contribution is 5.95. The Balaban J connectivity index is 1.63. The number of hydrogen-bond donors (Lipinski definition) is 0. The van der Waals surface area contributed by atoms with Crippen molar-refractivity contribution in [2.24, 2.45) is 0 Å². The van der Waals surface area contributed by atoms with Crippen molar-refractivity contribution in [2.75, 3.05) is 58.1 Å². The van der Waals surface area contributed by atoms with Gasteiger partial charge in [0.1, 0.15) is 18.8 Å². The van der Waals surface area contributed by atoms with Gasteiger partial charge in [-0.3, -0.25) is 9.59 Å². The summed E-state index contributed by atoms with van der Waals surface area (Å²) in [5, 5.41) is 0. The van der Waals surface area contributed by atoms with Crippen LogP contribution in [0.4, 0.5) is 5.69 Å². The Labute approximate surface area is 153 Å². The summed E-state index contributed by atoms with van der Waals surface area (Å²) in [6.07, 6.45) is 1.68. The maximum Gasteiger partial charge on any atom is 0.253 e. The highest BCUT2D eigenvalue weighted by Gasteiger charge is 2.44. The largest absolute Gasteiger partial charge is 0.382 e. The van der Waals surface area contributed by atoms with Crippen LogP contribution in [0.2, 0.25) is 0 Å². The average Bonchev–Trinajstić information content (AvgIpc) is 2.68. The number of carbonyl (C=O) groups excluding carboxylic acids is 2. The van der Waals surface area contributed by atoms with E-state index >= 15 is 0 Å². The number of morpholine rings is 1. The predicted octanol–water partition coefficient (Wildman–Crippen LogP) is 1.07. The molecule has 2 saturated heterocycles. The van der Waals surface area contributed by atoms with Crippen molar-refractivity contribution >= 4 is 17.5 Å². The van der Waals surface area contributed by atoms with Crippen molar-refractivity contribution in [2.45, 2.75) is 18.4 Å². The van der Waals surface area contributed by atoms with E-state index in [2.05, 4.69) is 0 Å². The molecule has 0 saturated carbocycles. The molecule has 1 atom stereocenters. The standard InChI is InChI=1S/C19H26N2O5/c1-24-10-11-25-12-17(22)20-9-5-8-19(14-20)15-21(18(23)13-26-19)16-6-3-2-4-7-16/h2-4,6-7H,5,8-15H2,1H3. The molecule has 1 aromatic rings. The van der Waals surface area contributed by atoms with Crippen LogP contribution in [0.1, 0.15) is 12.8 Å². The van der Waals surface area contributed by atoms with Gasteiger partial charge in [0, 0.05) is 19.3 Å². The molecular formula is C19H26N2O5. The molecule has 2 heterocycles. The molecule has 1 unspecified atom stereocenters. The molecule has 0 bridgehead atoms. The molecule has 142 valence electrons. The summed E-state index contributed by atoms with van der Waals surface area (Å²) in [6, 6.07) is 9.60. The SMILES string of the molecule is COCCOCC(=O)N1CCCC2(C1)CN(c1ccccc1)C(=O)CO2. The number of ether oxygens (including phenoxy) is 3. The van der Waals surface area contributed by atoms with Crippen molar-refractivity contribution in [1.82, 2.24) is 4.90 Å². The monoisotopic (exact) mass is 362 g/mol. The predicted molar refractivity (Wildman–Crippen MR) is 96.0 cm³/mol. The van der Waals surface area contributed by atoms with E-state index in [1.807, 2.05) is 30.3 Å². The van der Waals surface area contributed by atoms with Crippen LogP contribution in [0.5, 0.6) is 0 Å². The number of methoxy groups -OCH3 is 1. The normalized spacial score (nSPS) is 23.5. The Kier molecular flexibility index (Phi) is 6.24. The summed E-state index contributed by atoms with van der Waals surface area (Å²) in [4.78, 5) is 28.3. The van der Waals surface area contributed by atoms with E-state index in [9.17, 15) is 9.59 Å². The van der Waals surface area contributed by atoms with Crippen LogP contribution in [-0.2, 0) is 23.8 Å². The fraction of sp³-hybridized carbons (Fsp3) is 0.579. The summed E-state index contributed by atoms with van der Waals surface area (Å²) in [6.45, 7) is 2.58. The number of hydrogen-bond acceptors (Lipinski definition) is 5. The second-order valence-electron chi connectivity index (χ2n) is 6.75. The van der Waals surface area contributed by atoms with Crippen LogP contribution in [0, 0.1) is 0 Å². The van der Waals surface area contributed by atoms with Gasteiger partial charge >= 0.3 is 0 Å². The highest BCUT2D eigenvalue weighted by atomic mass is 16.5. The zero-order valence-electron chi connectivity index (χ0n) is 15.2. The van der Waals surface area contributed by atoms with Crippen LogP contribution in [-0.4, -0.2) is 75.5 Å². The fourth-order valence-electron chi connectivity index (χ4n) is 3.51. The number of carbonyl (C=O) groups is 2. The third-order valence-corrected chi connectivity index (χ3v) is 4.87. The number of amides is 2. The molecule has 0 aliphatic carbocycles. The van der Waals surface area contributed by atoms with Crippen LogP contribution >= 0.6 is 0 Å². The van der Waals surface area contributed by atoms with Crippen LogP contribution < -0.4 is 4.90 Å². The Bertz CT molecular complexity index is 624. The lowest BCUT2D eigenvalue weighted by atomic mass is 9.90. The molecule has 2 amide bonds. The molecule has 0 N–H and O–H groups in total. The topological polar surface area (TPSA) is 68.3 Å². The van der Waals surface area contributed by atoms with Gasteiger partial charge in [0.2, 0.25) is 5.91 Å². The number of benzene rings is 1. The van der Waals surface area contributed by atoms with E-state index in [0.717, 1.165) is 18.5 Å². The van der Waals surface area contributed by atoms with Gasteiger partial charge < -0.3 is 24.0 Å². The summed E-state index contributed by atoms with van der Waals surface area (Å²) in [5.74, 6) is -0.0971. The van der Waals surface area contributed by atoms with E-state index in [1.54, 1.807) is 16.9 Å². The Hall–Kier alpha value is -1.96. The minimum Gasteiger partial charge on any atom is -0.382 e. The van der Waals surface area contributed by atoms with Gasteiger partial charge in [0.05, 0.1) is 26.3 Å². The third-order valence-electron chi connectivity index (χ3n) is 4.87.